The molecule has 1 rings (SSSR count). The van der Waals surface area contributed by atoms with E-state index in [1.165, 1.54) is 40.5 Å². The number of rotatable bonds is 7. The number of benzene rings is 1. The molecule has 0 aliphatic rings. The van der Waals surface area contributed by atoms with Crippen LogP contribution in [0, 0.1) is 0 Å². The maximum absolute atomic E-state index is 5.36. The lowest BCUT2D eigenvalue weighted by molar-refractivity contribution is 0.657. The Morgan fingerprint density at radius 1 is 1.38 bits per heavy atom. The van der Waals surface area contributed by atoms with Gasteiger partial charge in [-0.05, 0) is 30.5 Å². The largest absolute Gasteiger partial charge is 0.415 e. The van der Waals surface area contributed by atoms with Crippen molar-refractivity contribution in [3.63, 3.8) is 0 Å². The minimum absolute atomic E-state index is 0.912. The van der Waals surface area contributed by atoms with Crippen LogP contribution in [0.3, 0.4) is 0 Å². The predicted octanol–water partition coefficient (Wildman–Crippen LogP) is 5.66. The van der Waals surface area contributed by atoms with Crippen LogP contribution in [0.25, 0.3) is 6.08 Å². The van der Waals surface area contributed by atoms with Crippen LogP contribution in [-0.2, 0) is 0 Å². The Morgan fingerprint density at radius 2 is 2.25 bits per heavy atom. The van der Waals surface area contributed by atoms with Crippen LogP contribution in [0.15, 0.2) is 30.3 Å². The van der Waals surface area contributed by atoms with E-state index in [-0.39, 0.29) is 0 Å². The van der Waals surface area contributed by atoms with E-state index in [9.17, 15) is 0 Å². The molecule has 0 saturated heterocycles. The third kappa shape index (κ3) is 5.80. The second kappa shape index (κ2) is 8.93. The molecule has 0 heterocycles. The predicted molar refractivity (Wildman–Crippen MR) is 81.9 cm³/mol. The molecule has 0 radical (unpaired) electrons. The number of hydrogen-bond donors (Lipinski definition) is 0. The zero-order valence-corrected chi connectivity index (χ0v) is 12.5. The summed E-state index contributed by atoms with van der Waals surface area (Å²) in [4.78, 5) is 0. The van der Waals surface area contributed by atoms with E-state index in [0.717, 1.165) is 5.75 Å². The van der Waals surface area contributed by atoms with Gasteiger partial charge < -0.3 is 4.18 Å². The Kier molecular flexibility index (Phi) is 7.76. The van der Waals surface area contributed by atoms with Gasteiger partial charge in [-0.2, -0.15) is 0 Å². The van der Waals surface area contributed by atoms with Crippen molar-refractivity contribution in [1.29, 1.82) is 0 Å². The van der Waals surface area contributed by atoms with Crippen molar-refractivity contribution >= 4 is 36.5 Å². The van der Waals surface area contributed by atoms with Gasteiger partial charge in [0.05, 0.1) is 0 Å². The lowest BCUT2D eigenvalue weighted by Gasteiger charge is -2.00. The summed E-state index contributed by atoms with van der Waals surface area (Å²) in [5.41, 5.74) is 1.21. The molecule has 16 heavy (non-hydrogen) atoms. The van der Waals surface area contributed by atoms with Gasteiger partial charge in [-0.1, -0.05) is 44.1 Å². The zero-order chi connectivity index (χ0) is 11.6. The number of allylic oxidation sites excluding steroid dienone is 1. The fourth-order valence-corrected chi connectivity index (χ4v) is 2.24. The zero-order valence-electron chi connectivity index (χ0n) is 9.49. The molecule has 88 valence electrons. The van der Waals surface area contributed by atoms with Crippen LogP contribution in [0.2, 0.25) is 0 Å². The van der Waals surface area contributed by atoms with Gasteiger partial charge in [0.15, 0.2) is 0 Å². The molecule has 0 aliphatic carbocycles. The van der Waals surface area contributed by atoms with E-state index in [0.29, 0.717) is 0 Å². The molecule has 1 nitrogen and oxygen atoms in total. The highest BCUT2D eigenvalue weighted by atomic mass is 127. The van der Waals surface area contributed by atoms with Gasteiger partial charge in [-0.15, -0.1) is 0 Å². The van der Waals surface area contributed by atoms with E-state index in [1.54, 1.807) is 0 Å². The van der Waals surface area contributed by atoms with Gasteiger partial charge >= 0.3 is 0 Å². The molecule has 0 saturated carbocycles. The average molecular weight is 348 g/mol. The quantitative estimate of drug-likeness (QED) is 0.357. The summed E-state index contributed by atoms with van der Waals surface area (Å²) in [5.74, 6) is 0.912. The van der Waals surface area contributed by atoms with E-state index in [4.69, 9.17) is 4.18 Å². The summed E-state index contributed by atoms with van der Waals surface area (Å²) >= 11 is 2.12. The fourth-order valence-electron chi connectivity index (χ4n) is 1.44. The van der Waals surface area contributed by atoms with Crippen molar-refractivity contribution in [1.82, 2.24) is 0 Å². The molecule has 1 aromatic rings. The average Bonchev–Trinajstić information content (AvgIpc) is 2.30. The summed E-state index contributed by atoms with van der Waals surface area (Å²) < 4.78 is 5.36. The van der Waals surface area contributed by atoms with Gasteiger partial charge in [-0.3, -0.25) is 0 Å². The minimum atomic E-state index is 0.912. The lowest BCUT2D eigenvalue weighted by Crippen LogP contribution is -1.78. The summed E-state index contributed by atoms with van der Waals surface area (Å²) in [6.07, 6.45) is 9.46. The summed E-state index contributed by atoms with van der Waals surface area (Å²) in [6.45, 7) is 2.23. The molecule has 0 bridgehead atoms. The van der Waals surface area contributed by atoms with Crippen molar-refractivity contribution in [3.05, 3.63) is 35.9 Å². The second-order valence-electron chi connectivity index (χ2n) is 3.62. The highest BCUT2D eigenvalue weighted by molar-refractivity contribution is 14.2. The normalized spacial score (nSPS) is 10.9. The van der Waals surface area contributed by atoms with Crippen LogP contribution >= 0.6 is 30.4 Å². The molecule has 3 heteroatoms. The van der Waals surface area contributed by atoms with Crippen molar-refractivity contribution < 1.29 is 4.18 Å². The van der Waals surface area contributed by atoms with Gasteiger partial charge in [0, 0.05) is 21.2 Å². The Hall–Kier alpha value is -0.160. The van der Waals surface area contributed by atoms with E-state index >= 15 is 0 Å². The SMILES string of the molecule is CCCCC/C=C/c1cccc(OSI)c1. The minimum Gasteiger partial charge on any atom is -0.415 e. The molecule has 0 N–H and O–H groups in total. The Balaban J connectivity index is 2.43. The van der Waals surface area contributed by atoms with Crippen LogP contribution in [0.4, 0.5) is 0 Å². The van der Waals surface area contributed by atoms with Crippen LogP contribution in [-0.4, -0.2) is 0 Å². The monoisotopic (exact) mass is 348 g/mol. The highest BCUT2D eigenvalue weighted by Gasteiger charge is 1.93. The van der Waals surface area contributed by atoms with Crippen molar-refractivity contribution in [2.45, 2.75) is 32.6 Å². The standard InChI is InChI=1S/C13H17IOS/c1-2-3-4-5-6-8-12-9-7-10-13(11-12)15-16-14/h6-11H,2-5H2,1H3/b8-6+. The molecule has 0 fully saturated rings. The summed E-state index contributed by atoms with van der Waals surface area (Å²) in [7, 11) is 1.34. The third-order valence-electron chi connectivity index (χ3n) is 2.27. The van der Waals surface area contributed by atoms with Gasteiger partial charge in [-0.25, -0.2) is 0 Å². The van der Waals surface area contributed by atoms with Crippen LogP contribution < -0.4 is 4.18 Å². The molecular formula is C13H17IOS. The Bertz CT molecular complexity index is 325. The van der Waals surface area contributed by atoms with Crippen molar-refractivity contribution in [3.8, 4) is 5.75 Å². The lowest BCUT2D eigenvalue weighted by atomic mass is 10.1. The van der Waals surface area contributed by atoms with Crippen LogP contribution in [0.5, 0.6) is 5.75 Å². The van der Waals surface area contributed by atoms with Gasteiger partial charge in [0.2, 0.25) is 0 Å². The third-order valence-corrected chi connectivity index (χ3v) is 3.07. The van der Waals surface area contributed by atoms with Gasteiger partial charge in [0.25, 0.3) is 0 Å². The van der Waals surface area contributed by atoms with E-state index < -0.39 is 0 Å². The van der Waals surface area contributed by atoms with Crippen molar-refractivity contribution in [2.24, 2.45) is 0 Å². The number of halogens is 1. The molecule has 0 aromatic heterocycles. The Labute approximate surface area is 114 Å². The van der Waals surface area contributed by atoms with Crippen LogP contribution in [0.1, 0.15) is 38.2 Å². The first kappa shape index (κ1) is 13.9. The topological polar surface area (TPSA) is 9.23 Å². The number of hydrogen-bond acceptors (Lipinski definition) is 2. The second-order valence-corrected chi connectivity index (χ2v) is 4.99. The molecule has 1 aromatic carbocycles. The maximum atomic E-state index is 5.36. The molecule has 0 amide bonds. The molecule has 0 aliphatic heterocycles. The summed E-state index contributed by atoms with van der Waals surface area (Å²) in [5, 5.41) is 0. The van der Waals surface area contributed by atoms with Gasteiger partial charge in [0.1, 0.15) is 15.0 Å². The maximum Gasteiger partial charge on any atom is 0.139 e. The summed E-state index contributed by atoms with van der Waals surface area (Å²) in [6, 6.07) is 8.15. The first-order valence-electron chi connectivity index (χ1n) is 5.58. The fraction of sp³-hybridized carbons (Fsp3) is 0.385. The Morgan fingerprint density at radius 3 is 3.00 bits per heavy atom. The number of unbranched alkanes of at least 4 members (excludes halogenated alkanes) is 3. The first-order chi connectivity index (χ1) is 7.86. The molecule has 0 unspecified atom stereocenters. The molecule has 0 atom stereocenters. The highest BCUT2D eigenvalue weighted by Crippen LogP contribution is 2.22. The van der Waals surface area contributed by atoms with E-state index in [1.807, 2.05) is 12.1 Å². The molecule has 0 spiro atoms. The molecular weight excluding hydrogens is 331 g/mol. The smallest absolute Gasteiger partial charge is 0.139 e. The first-order valence-corrected chi connectivity index (χ1v) is 8.87. The van der Waals surface area contributed by atoms with E-state index in [2.05, 4.69) is 52.4 Å². The van der Waals surface area contributed by atoms with Crippen molar-refractivity contribution in [2.75, 3.05) is 0 Å².